The second-order valence-corrected chi connectivity index (χ2v) is 6.29. The molecular formula is C16H20ClNO3. The Morgan fingerprint density at radius 1 is 1.38 bits per heavy atom. The number of hydrogen-bond acceptors (Lipinski definition) is 3. The summed E-state index contributed by atoms with van der Waals surface area (Å²) in [6, 6.07) is 7.29. The van der Waals surface area contributed by atoms with E-state index in [1.807, 2.05) is 31.2 Å². The molecule has 1 saturated heterocycles. The van der Waals surface area contributed by atoms with Gasteiger partial charge in [-0.2, -0.15) is 0 Å². The molecule has 2 aliphatic rings. The minimum Gasteiger partial charge on any atom is -0.388 e. The van der Waals surface area contributed by atoms with Gasteiger partial charge in [-0.25, -0.2) is 0 Å². The van der Waals surface area contributed by atoms with Crippen molar-refractivity contribution in [2.45, 2.75) is 37.3 Å². The summed E-state index contributed by atoms with van der Waals surface area (Å²) in [5.41, 5.74) is 0.590. The van der Waals surface area contributed by atoms with Gasteiger partial charge in [-0.1, -0.05) is 23.7 Å². The molecule has 1 aliphatic carbocycles. The third kappa shape index (κ3) is 2.56. The molecule has 1 aromatic carbocycles. The van der Waals surface area contributed by atoms with Gasteiger partial charge in [0.1, 0.15) is 0 Å². The lowest BCUT2D eigenvalue weighted by Gasteiger charge is -2.32. The van der Waals surface area contributed by atoms with Crippen LogP contribution in [-0.2, 0) is 14.9 Å². The highest BCUT2D eigenvalue weighted by molar-refractivity contribution is 6.30. The quantitative estimate of drug-likeness (QED) is 0.925. The number of hydrogen-bond donors (Lipinski definition) is 1. The lowest BCUT2D eigenvalue weighted by molar-refractivity contribution is -0.137. The molecule has 0 unspecified atom stereocenters. The van der Waals surface area contributed by atoms with Crippen LogP contribution in [0.1, 0.15) is 25.3 Å². The summed E-state index contributed by atoms with van der Waals surface area (Å²) in [7, 11) is 0. The van der Waals surface area contributed by atoms with Gasteiger partial charge in [-0.15, -0.1) is 0 Å². The van der Waals surface area contributed by atoms with Crippen molar-refractivity contribution >= 4 is 17.5 Å². The molecule has 21 heavy (non-hydrogen) atoms. The van der Waals surface area contributed by atoms with Crippen LogP contribution in [0.15, 0.2) is 24.3 Å². The van der Waals surface area contributed by atoms with Crippen molar-refractivity contribution in [3.05, 3.63) is 34.9 Å². The highest BCUT2D eigenvalue weighted by atomic mass is 35.5. The van der Waals surface area contributed by atoms with Crippen molar-refractivity contribution in [1.82, 2.24) is 4.90 Å². The van der Waals surface area contributed by atoms with E-state index in [9.17, 15) is 9.90 Å². The second-order valence-electron chi connectivity index (χ2n) is 5.85. The average molecular weight is 310 g/mol. The monoisotopic (exact) mass is 309 g/mol. The SMILES string of the molecule is CCN(C(=O)C1(c2ccc(Cl)cc2)CC1)[C@H]1COC[C@@H]1O. The van der Waals surface area contributed by atoms with Gasteiger partial charge in [0.2, 0.25) is 5.91 Å². The number of ether oxygens (including phenoxy) is 1. The largest absolute Gasteiger partial charge is 0.388 e. The van der Waals surface area contributed by atoms with E-state index in [1.165, 1.54) is 0 Å². The molecule has 0 aromatic heterocycles. The third-order valence-electron chi connectivity index (χ3n) is 4.58. The van der Waals surface area contributed by atoms with Crippen molar-refractivity contribution in [1.29, 1.82) is 0 Å². The third-order valence-corrected chi connectivity index (χ3v) is 4.83. The number of likely N-dealkylation sites (N-methyl/N-ethyl adjacent to an activating group) is 1. The number of halogens is 1. The van der Waals surface area contributed by atoms with E-state index >= 15 is 0 Å². The Balaban J connectivity index is 1.84. The van der Waals surface area contributed by atoms with E-state index in [0.29, 0.717) is 24.8 Å². The Labute approximate surface area is 129 Å². The van der Waals surface area contributed by atoms with Gasteiger partial charge in [-0.3, -0.25) is 4.79 Å². The number of carbonyl (C=O) groups is 1. The molecule has 0 bridgehead atoms. The normalized spacial score (nSPS) is 26.6. The summed E-state index contributed by atoms with van der Waals surface area (Å²) in [6.45, 7) is 3.25. The zero-order chi connectivity index (χ0) is 15.0. The smallest absolute Gasteiger partial charge is 0.233 e. The fourth-order valence-electron chi connectivity index (χ4n) is 3.15. The molecular weight excluding hydrogens is 290 g/mol. The summed E-state index contributed by atoms with van der Waals surface area (Å²) in [5.74, 6) is 0.0990. The molecule has 2 fully saturated rings. The first-order valence-electron chi connectivity index (χ1n) is 7.41. The molecule has 1 N–H and O–H groups in total. The minimum atomic E-state index is -0.588. The first-order valence-corrected chi connectivity index (χ1v) is 7.79. The highest BCUT2D eigenvalue weighted by Crippen LogP contribution is 2.50. The van der Waals surface area contributed by atoms with Gasteiger partial charge in [0, 0.05) is 11.6 Å². The standard InChI is InChI=1S/C16H20ClNO3/c1-2-18(13-9-21-10-14(13)19)15(20)16(7-8-16)11-3-5-12(17)6-4-11/h3-6,13-14,19H,2,7-10H2,1H3/t13-,14-/m0/s1. The van der Waals surface area contributed by atoms with Crippen LogP contribution < -0.4 is 0 Å². The molecule has 0 radical (unpaired) electrons. The van der Waals surface area contributed by atoms with Crippen LogP contribution >= 0.6 is 11.6 Å². The van der Waals surface area contributed by atoms with Crippen molar-refractivity contribution in [3.8, 4) is 0 Å². The predicted molar refractivity (Wildman–Crippen MR) is 80.4 cm³/mol. The predicted octanol–water partition coefficient (Wildman–Crippen LogP) is 1.98. The second kappa shape index (κ2) is 5.59. The van der Waals surface area contributed by atoms with Crippen LogP contribution in [-0.4, -0.2) is 47.8 Å². The Bertz CT molecular complexity index is 527. The topological polar surface area (TPSA) is 49.8 Å². The summed E-state index contributed by atoms with van der Waals surface area (Å²) in [6.07, 6.45) is 1.12. The molecule has 0 spiro atoms. The Kier molecular flexibility index (Phi) is 3.95. The van der Waals surface area contributed by atoms with E-state index in [0.717, 1.165) is 18.4 Å². The van der Waals surface area contributed by atoms with Crippen molar-refractivity contribution < 1.29 is 14.6 Å². The Morgan fingerprint density at radius 2 is 2.05 bits per heavy atom. The zero-order valence-corrected chi connectivity index (χ0v) is 12.8. The maximum absolute atomic E-state index is 13.0. The van der Waals surface area contributed by atoms with E-state index in [4.69, 9.17) is 16.3 Å². The summed E-state index contributed by atoms with van der Waals surface area (Å²) in [4.78, 5) is 14.8. The summed E-state index contributed by atoms with van der Waals surface area (Å²) in [5, 5.41) is 10.7. The average Bonchev–Trinajstić information content (AvgIpc) is 3.19. The number of nitrogens with zero attached hydrogens (tertiary/aromatic N) is 1. The van der Waals surface area contributed by atoms with Crippen LogP contribution in [0.25, 0.3) is 0 Å². The molecule has 4 nitrogen and oxygen atoms in total. The van der Waals surface area contributed by atoms with Gasteiger partial charge in [-0.05, 0) is 37.5 Å². The van der Waals surface area contributed by atoms with Crippen LogP contribution in [0, 0.1) is 0 Å². The van der Waals surface area contributed by atoms with Crippen LogP contribution in [0.4, 0.5) is 0 Å². The Hall–Kier alpha value is -1.10. The minimum absolute atomic E-state index is 0.0990. The number of aliphatic hydroxyl groups excluding tert-OH is 1. The van der Waals surface area contributed by atoms with Gasteiger partial charge in [0.25, 0.3) is 0 Å². The fraction of sp³-hybridized carbons (Fsp3) is 0.562. The maximum Gasteiger partial charge on any atom is 0.233 e. The molecule has 1 aliphatic heterocycles. The van der Waals surface area contributed by atoms with E-state index in [2.05, 4.69) is 0 Å². The van der Waals surface area contributed by atoms with E-state index in [1.54, 1.807) is 4.90 Å². The van der Waals surface area contributed by atoms with Gasteiger partial charge in [0.15, 0.2) is 0 Å². The van der Waals surface area contributed by atoms with Crippen LogP contribution in [0.2, 0.25) is 5.02 Å². The van der Waals surface area contributed by atoms with Gasteiger partial charge < -0.3 is 14.7 Å². The summed E-state index contributed by atoms with van der Waals surface area (Å²) >= 11 is 5.93. The maximum atomic E-state index is 13.0. The molecule has 1 aromatic rings. The van der Waals surface area contributed by atoms with Crippen molar-refractivity contribution in [2.24, 2.45) is 0 Å². The lowest BCUT2D eigenvalue weighted by atomic mass is 9.93. The van der Waals surface area contributed by atoms with Crippen LogP contribution in [0.3, 0.4) is 0 Å². The first-order chi connectivity index (χ1) is 10.1. The number of aliphatic hydroxyl groups is 1. The molecule has 114 valence electrons. The molecule has 2 atom stereocenters. The van der Waals surface area contributed by atoms with Crippen molar-refractivity contribution in [2.75, 3.05) is 19.8 Å². The van der Waals surface area contributed by atoms with Gasteiger partial charge in [0.05, 0.1) is 30.8 Å². The van der Waals surface area contributed by atoms with Gasteiger partial charge >= 0.3 is 0 Å². The molecule has 1 saturated carbocycles. The number of rotatable bonds is 4. The number of carbonyl (C=O) groups excluding carboxylic acids is 1. The first kappa shape index (κ1) is 14.8. The fourth-order valence-corrected chi connectivity index (χ4v) is 3.28. The van der Waals surface area contributed by atoms with E-state index in [-0.39, 0.29) is 11.9 Å². The summed E-state index contributed by atoms with van der Waals surface area (Å²) < 4.78 is 5.30. The number of benzene rings is 1. The molecule has 3 rings (SSSR count). The van der Waals surface area contributed by atoms with E-state index < -0.39 is 11.5 Å². The molecule has 1 amide bonds. The zero-order valence-electron chi connectivity index (χ0n) is 12.1. The molecule has 5 heteroatoms. The Morgan fingerprint density at radius 3 is 2.52 bits per heavy atom. The lowest BCUT2D eigenvalue weighted by Crippen LogP contribution is -2.50. The molecule has 1 heterocycles. The highest BCUT2D eigenvalue weighted by Gasteiger charge is 2.54. The number of amides is 1. The van der Waals surface area contributed by atoms with Crippen molar-refractivity contribution in [3.63, 3.8) is 0 Å². The van der Waals surface area contributed by atoms with Crippen LogP contribution in [0.5, 0.6) is 0 Å².